The predicted molar refractivity (Wildman–Crippen MR) is 71.9 cm³/mol. The average Bonchev–Trinajstić information content (AvgIpc) is 2.34. The summed E-state index contributed by atoms with van der Waals surface area (Å²) < 4.78 is 5.76. The van der Waals surface area contributed by atoms with Gasteiger partial charge in [-0.15, -0.1) is 0 Å². The Labute approximate surface area is 104 Å². The van der Waals surface area contributed by atoms with E-state index in [0.717, 1.165) is 31.9 Å². The van der Waals surface area contributed by atoms with E-state index < -0.39 is 0 Å². The molecular formula is C14H22N2O. The molecule has 0 saturated carbocycles. The summed E-state index contributed by atoms with van der Waals surface area (Å²) in [5, 5.41) is 3.42. The lowest BCUT2D eigenvalue weighted by Gasteiger charge is -2.19. The van der Waals surface area contributed by atoms with Crippen molar-refractivity contribution >= 4 is 5.69 Å². The molecule has 1 aromatic rings. The zero-order valence-electron chi connectivity index (χ0n) is 10.8. The molecule has 0 aliphatic carbocycles. The number of benzene rings is 1. The van der Waals surface area contributed by atoms with E-state index in [1.165, 1.54) is 24.1 Å². The lowest BCUT2D eigenvalue weighted by molar-refractivity contribution is 0.281. The Morgan fingerprint density at radius 1 is 1.35 bits per heavy atom. The first kappa shape index (κ1) is 12.2. The number of anilines is 1. The smallest absolute Gasteiger partial charge is 0.121 e. The van der Waals surface area contributed by atoms with Crippen LogP contribution in [0.1, 0.15) is 18.4 Å². The van der Waals surface area contributed by atoms with Crippen LogP contribution in [-0.2, 0) is 6.42 Å². The molecule has 1 aromatic carbocycles. The Hall–Kier alpha value is -1.22. The average molecular weight is 234 g/mol. The van der Waals surface area contributed by atoms with Crippen LogP contribution in [0.4, 0.5) is 5.69 Å². The van der Waals surface area contributed by atoms with E-state index in [2.05, 4.69) is 42.5 Å². The highest BCUT2D eigenvalue weighted by Crippen LogP contribution is 2.26. The second-order valence-electron chi connectivity index (χ2n) is 4.85. The van der Waals surface area contributed by atoms with E-state index in [9.17, 15) is 0 Å². The van der Waals surface area contributed by atoms with Crippen LogP contribution in [0.5, 0.6) is 5.75 Å². The fourth-order valence-corrected chi connectivity index (χ4v) is 2.10. The van der Waals surface area contributed by atoms with E-state index in [-0.39, 0.29) is 0 Å². The van der Waals surface area contributed by atoms with E-state index in [1.54, 1.807) is 0 Å². The zero-order chi connectivity index (χ0) is 12.1. The largest absolute Gasteiger partial charge is 0.493 e. The first-order chi connectivity index (χ1) is 8.25. The van der Waals surface area contributed by atoms with Gasteiger partial charge in [0, 0.05) is 24.8 Å². The maximum Gasteiger partial charge on any atom is 0.121 e. The molecule has 3 nitrogen and oxygen atoms in total. The summed E-state index contributed by atoms with van der Waals surface area (Å²) in [6.07, 6.45) is 3.48. The lowest BCUT2D eigenvalue weighted by atomic mass is 10.0. The van der Waals surface area contributed by atoms with Crippen molar-refractivity contribution < 1.29 is 4.74 Å². The molecule has 1 heterocycles. The molecule has 1 N–H and O–H groups in total. The van der Waals surface area contributed by atoms with Crippen LogP contribution < -0.4 is 10.1 Å². The van der Waals surface area contributed by atoms with Gasteiger partial charge in [-0.1, -0.05) is 6.07 Å². The number of rotatable bonds is 5. The Morgan fingerprint density at radius 3 is 3.06 bits per heavy atom. The lowest BCUT2D eigenvalue weighted by Crippen LogP contribution is -2.15. The SMILES string of the molecule is CN(C)CCCOc1ccc2c(c1)NCCC2. The first-order valence-electron chi connectivity index (χ1n) is 6.40. The van der Waals surface area contributed by atoms with Gasteiger partial charge in [-0.25, -0.2) is 0 Å². The molecule has 0 amide bonds. The van der Waals surface area contributed by atoms with Gasteiger partial charge in [0.15, 0.2) is 0 Å². The summed E-state index contributed by atoms with van der Waals surface area (Å²) in [5.74, 6) is 0.983. The maximum absolute atomic E-state index is 5.76. The summed E-state index contributed by atoms with van der Waals surface area (Å²) in [7, 11) is 4.17. The molecule has 0 radical (unpaired) electrons. The first-order valence-corrected chi connectivity index (χ1v) is 6.40. The molecular weight excluding hydrogens is 212 g/mol. The Bertz CT molecular complexity index is 363. The molecule has 1 aliphatic heterocycles. The Balaban J connectivity index is 1.85. The molecule has 3 heteroatoms. The van der Waals surface area contributed by atoms with E-state index >= 15 is 0 Å². The summed E-state index contributed by atoms with van der Waals surface area (Å²) in [5.41, 5.74) is 2.67. The van der Waals surface area contributed by atoms with Crippen molar-refractivity contribution in [2.45, 2.75) is 19.3 Å². The van der Waals surface area contributed by atoms with Gasteiger partial charge in [0.2, 0.25) is 0 Å². The number of ether oxygens (including phenoxy) is 1. The van der Waals surface area contributed by atoms with Gasteiger partial charge in [0.1, 0.15) is 5.75 Å². The molecule has 0 fully saturated rings. The molecule has 2 rings (SSSR count). The normalized spacial score (nSPS) is 14.3. The van der Waals surface area contributed by atoms with Crippen molar-refractivity contribution in [1.82, 2.24) is 4.90 Å². The van der Waals surface area contributed by atoms with Gasteiger partial charge in [0.25, 0.3) is 0 Å². The van der Waals surface area contributed by atoms with Crippen molar-refractivity contribution in [3.05, 3.63) is 23.8 Å². The monoisotopic (exact) mass is 234 g/mol. The molecule has 94 valence electrons. The van der Waals surface area contributed by atoms with E-state index in [0.29, 0.717) is 0 Å². The summed E-state index contributed by atoms with van der Waals surface area (Å²) in [4.78, 5) is 2.18. The highest BCUT2D eigenvalue weighted by Gasteiger charge is 2.08. The third-order valence-corrected chi connectivity index (χ3v) is 3.04. The minimum absolute atomic E-state index is 0.789. The summed E-state index contributed by atoms with van der Waals surface area (Å²) >= 11 is 0. The number of nitrogens with one attached hydrogen (secondary N) is 1. The number of aryl methyl sites for hydroxylation is 1. The van der Waals surface area contributed by atoms with Crippen LogP contribution >= 0.6 is 0 Å². The molecule has 0 atom stereocenters. The standard InChI is InChI=1S/C14H22N2O/c1-16(2)9-4-10-17-13-7-6-12-5-3-8-15-14(12)11-13/h6-7,11,15H,3-5,8-10H2,1-2H3. The summed E-state index contributed by atoms with van der Waals surface area (Å²) in [6, 6.07) is 6.40. The van der Waals surface area contributed by atoms with E-state index in [4.69, 9.17) is 4.74 Å². The Morgan fingerprint density at radius 2 is 2.24 bits per heavy atom. The van der Waals surface area contributed by atoms with Crippen LogP contribution in [0.3, 0.4) is 0 Å². The van der Waals surface area contributed by atoms with Gasteiger partial charge >= 0.3 is 0 Å². The van der Waals surface area contributed by atoms with Crippen molar-refractivity contribution in [3.8, 4) is 5.75 Å². The molecule has 0 bridgehead atoms. The highest BCUT2D eigenvalue weighted by molar-refractivity contribution is 5.56. The number of nitrogens with zero attached hydrogens (tertiary/aromatic N) is 1. The van der Waals surface area contributed by atoms with Crippen molar-refractivity contribution in [2.75, 3.05) is 39.1 Å². The molecule has 0 saturated heterocycles. The minimum Gasteiger partial charge on any atom is -0.493 e. The van der Waals surface area contributed by atoms with Crippen molar-refractivity contribution in [3.63, 3.8) is 0 Å². The minimum atomic E-state index is 0.789. The quantitative estimate of drug-likeness (QED) is 0.792. The van der Waals surface area contributed by atoms with Crippen LogP contribution in [0.15, 0.2) is 18.2 Å². The van der Waals surface area contributed by atoms with Gasteiger partial charge in [-0.3, -0.25) is 0 Å². The van der Waals surface area contributed by atoms with Gasteiger partial charge in [-0.05, 0) is 45.0 Å². The predicted octanol–water partition coefficient (Wildman–Crippen LogP) is 2.38. The number of fused-ring (bicyclic) bond motifs is 1. The Kier molecular flexibility index (Phi) is 4.26. The maximum atomic E-state index is 5.76. The van der Waals surface area contributed by atoms with Gasteiger partial charge in [-0.2, -0.15) is 0 Å². The summed E-state index contributed by atoms with van der Waals surface area (Å²) in [6.45, 7) is 2.94. The fraction of sp³-hybridized carbons (Fsp3) is 0.571. The number of hydrogen-bond acceptors (Lipinski definition) is 3. The fourth-order valence-electron chi connectivity index (χ4n) is 2.10. The van der Waals surface area contributed by atoms with Crippen LogP contribution in [0, 0.1) is 0 Å². The zero-order valence-corrected chi connectivity index (χ0v) is 10.8. The third-order valence-electron chi connectivity index (χ3n) is 3.04. The molecule has 0 unspecified atom stereocenters. The topological polar surface area (TPSA) is 24.5 Å². The van der Waals surface area contributed by atoms with Crippen LogP contribution in [0.2, 0.25) is 0 Å². The van der Waals surface area contributed by atoms with E-state index in [1.807, 2.05) is 0 Å². The second-order valence-corrected chi connectivity index (χ2v) is 4.85. The molecule has 17 heavy (non-hydrogen) atoms. The van der Waals surface area contributed by atoms with Gasteiger partial charge in [0.05, 0.1) is 6.61 Å². The van der Waals surface area contributed by atoms with Crippen LogP contribution in [0.25, 0.3) is 0 Å². The highest BCUT2D eigenvalue weighted by atomic mass is 16.5. The van der Waals surface area contributed by atoms with Gasteiger partial charge < -0.3 is 15.0 Å². The third kappa shape index (κ3) is 3.63. The molecule has 1 aliphatic rings. The number of hydrogen-bond donors (Lipinski definition) is 1. The van der Waals surface area contributed by atoms with Crippen LogP contribution in [-0.4, -0.2) is 38.7 Å². The molecule has 0 spiro atoms. The molecule has 0 aromatic heterocycles. The van der Waals surface area contributed by atoms with Crippen molar-refractivity contribution in [1.29, 1.82) is 0 Å². The second kappa shape index (κ2) is 5.92. The van der Waals surface area contributed by atoms with Crippen molar-refractivity contribution in [2.24, 2.45) is 0 Å².